The number of anilines is 1. The Morgan fingerprint density at radius 3 is 2.58 bits per heavy atom. The normalized spacial score (nSPS) is 17.8. The lowest BCUT2D eigenvalue weighted by atomic mass is 10.1. The highest BCUT2D eigenvalue weighted by molar-refractivity contribution is 7.89. The number of aryl methyl sites for hydroxylation is 1. The number of nitrogen functional groups attached to an aromatic ring is 1. The van der Waals surface area contributed by atoms with Crippen LogP contribution in [-0.2, 0) is 14.8 Å². The van der Waals surface area contributed by atoms with Crippen molar-refractivity contribution >= 4 is 15.7 Å². The van der Waals surface area contributed by atoms with Gasteiger partial charge < -0.3 is 10.5 Å². The van der Waals surface area contributed by atoms with Crippen LogP contribution in [0.2, 0.25) is 0 Å². The minimum atomic E-state index is -3.49. The molecule has 1 aromatic carbocycles. The second-order valence-corrected chi connectivity index (χ2v) is 6.86. The van der Waals surface area contributed by atoms with Crippen molar-refractivity contribution in [3.8, 4) is 0 Å². The smallest absolute Gasteiger partial charge is 0.243 e. The fourth-order valence-electron chi connectivity index (χ4n) is 2.29. The van der Waals surface area contributed by atoms with Gasteiger partial charge >= 0.3 is 0 Å². The molecule has 1 fully saturated rings. The van der Waals surface area contributed by atoms with Crippen molar-refractivity contribution in [2.75, 3.05) is 26.0 Å². The van der Waals surface area contributed by atoms with Crippen LogP contribution in [0.15, 0.2) is 23.1 Å². The topological polar surface area (TPSA) is 72.6 Å². The Balaban J connectivity index is 2.33. The van der Waals surface area contributed by atoms with Gasteiger partial charge in [-0.3, -0.25) is 0 Å². The average molecular weight is 284 g/mol. The number of benzene rings is 1. The largest absolute Gasteiger partial charge is 0.399 e. The van der Waals surface area contributed by atoms with Crippen LogP contribution in [0.1, 0.15) is 18.4 Å². The van der Waals surface area contributed by atoms with Crippen molar-refractivity contribution in [1.29, 1.82) is 0 Å². The number of sulfonamides is 1. The molecule has 1 aliphatic rings. The van der Waals surface area contributed by atoms with Crippen molar-refractivity contribution < 1.29 is 13.2 Å². The van der Waals surface area contributed by atoms with Gasteiger partial charge in [0.05, 0.1) is 4.90 Å². The Hall–Kier alpha value is -1.11. The third kappa shape index (κ3) is 2.91. The first-order valence-electron chi connectivity index (χ1n) is 6.35. The zero-order valence-electron chi connectivity index (χ0n) is 11.3. The van der Waals surface area contributed by atoms with Gasteiger partial charge in [0, 0.05) is 32.0 Å². The molecule has 1 saturated heterocycles. The standard InChI is InChI=1S/C13H20N2O3S/c1-10-3-4-11(14)9-13(10)19(16,17)15(2)12-5-7-18-8-6-12/h3-4,9,12H,5-8,14H2,1-2H3. The van der Waals surface area contributed by atoms with Crippen LogP contribution < -0.4 is 5.73 Å². The van der Waals surface area contributed by atoms with Gasteiger partial charge in [-0.05, 0) is 37.5 Å². The molecule has 0 radical (unpaired) electrons. The molecule has 0 amide bonds. The molecule has 2 N–H and O–H groups in total. The molecule has 2 rings (SSSR count). The summed E-state index contributed by atoms with van der Waals surface area (Å²) in [6.07, 6.45) is 1.47. The number of ether oxygens (including phenoxy) is 1. The molecule has 0 bridgehead atoms. The molecule has 1 aromatic rings. The number of nitrogens with zero attached hydrogens (tertiary/aromatic N) is 1. The molecule has 0 saturated carbocycles. The monoisotopic (exact) mass is 284 g/mol. The molecular formula is C13H20N2O3S. The van der Waals surface area contributed by atoms with Crippen molar-refractivity contribution in [3.05, 3.63) is 23.8 Å². The van der Waals surface area contributed by atoms with E-state index in [1.165, 1.54) is 10.4 Å². The van der Waals surface area contributed by atoms with Gasteiger partial charge in [0.25, 0.3) is 0 Å². The highest BCUT2D eigenvalue weighted by Gasteiger charge is 2.30. The van der Waals surface area contributed by atoms with Crippen LogP contribution >= 0.6 is 0 Å². The molecule has 0 atom stereocenters. The summed E-state index contributed by atoms with van der Waals surface area (Å²) < 4.78 is 32.0. The van der Waals surface area contributed by atoms with E-state index in [4.69, 9.17) is 10.5 Å². The summed E-state index contributed by atoms with van der Waals surface area (Å²) in [5, 5.41) is 0. The summed E-state index contributed by atoms with van der Waals surface area (Å²) in [4.78, 5) is 0.293. The van der Waals surface area contributed by atoms with Gasteiger partial charge in [-0.15, -0.1) is 0 Å². The molecule has 0 unspecified atom stereocenters. The third-order valence-corrected chi connectivity index (χ3v) is 5.63. The van der Waals surface area contributed by atoms with E-state index in [9.17, 15) is 8.42 Å². The first kappa shape index (κ1) is 14.3. The Morgan fingerprint density at radius 1 is 1.32 bits per heavy atom. The second kappa shape index (κ2) is 5.48. The Morgan fingerprint density at radius 2 is 1.95 bits per heavy atom. The lowest BCUT2D eigenvalue weighted by Gasteiger charge is -2.30. The number of hydrogen-bond acceptors (Lipinski definition) is 4. The Bertz CT molecular complexity index is 551. The minimum absolute atomic E-state index is 0.000388. The van der Waals surface area contributed by atoms with E-state index in [0.717, 1.165) is 12.8 Å². The van der Waals surface area contributed by atoms with E-state index in [2.05, 4.69) is 0 Å². The average Bonchev–Trinajstić information content (AvgIpc) is 2.41. The first-order chi connectivity index (χ1) is 8.93. The number of hydrogen-bond donors (Lipinski definition) is 1. The van der Waals surface area contributed by atoms with Crippen molar-refractivity contribution in [3.63, 3.8) is 0 Å². The number of nitrogens with two attached hydrogens (primary N) is 1. The molecule has 6 heteroatoms. The molecule has 0 spiro atoms. The van der Waals surface area contributed by atoms with Gasteiger partial charge in [0.15, 0.2) is 0 Å². The van der Waals surface area contributed by atoms with Crippen LogP contribution in [-0.4, -0.2) is 39.0 Å². The van der Waals surface area contributed by atoms with Gasteiger partial charge in [0.2, 0.25) is 10.0 Å². The third-order valence-electron chi connectivity index (χ3n) is 3.57. The molecule has 19 heavy (non-hydrogen) atoms. The SMILES string of the molecule is Cc1ccc(N)cc1S(=O)(=O)N(C)C1CCOCC1. The minimum Gasteiger partial charge on any atom is -0.399 e. The van der Waals surface area contributed by atoms with E-state index in [0.29, 0.717) is 29.4 Å². The van der Waals surface area contributed by atoms with Gasteiger partial charge in [-0.1, -0.05) is 6.07 Å². The fourth-order valence-corrected chi connectivity index (χ4v) is 3.97. The summed E-state index contributed by atoms with van der Waals surface area (Å²) in [6, 6.07) is 4.98. The van der Waals surface area contributed by atoms with E-state index < -0.39 is 10.0 Å². The van der Waals surface area contributed by atoms with E-state index in [1.54, 1.807) is 26.1 Å². The maximum Gasteiger partial charge on any atom is 0.243 e. The molecular weight excluding hydrogens is 264 g/mol. The summed E-state index contributed by atoms with van der Waals surface area (Å²) in [5.41, 5.74) is 6.88. The van der Waals surface area contributed by atoms with E-state index >= 15 is 0 Å². The fraction of sp³-hybridized carbons (Fsp3) is 0.538. The van der Waals surface area contributed by atoms with Crippen molar-refractivity contribution in [2.45, 2.75) is 30.7 Å². The molecule has 5 nitrogen and oxygen atoms in total. The zero-order chi connectivity index (χ0) is 14.0. The highest BCUT2D eigenvalue weighted by atomic mass is 32.2. The first-order valence-corrected chi connectivity index (χ1v) is 7.79. The molecule has 0 aromatic heterocycles. The molecule has 0 aliphatic carbocycles. The maximum atomic E-state index is 12.6. The van der Waals surface area contributed by atoms with E-state index in [1.807, 2.05) is 0 Å². The maximum absolute atomic E-state index is 12.6. The van der Waals surface area contributed by atoms with Crippen molar-refractivity contribution in [2.24, 2.45) is 0 Å². The van der Waals surface area contributed by atoms with Gasteiger partial charge in [-0.25, -0.2) is 8.42 Å². The lowest BCUT2D eigenvalue weighted by molar-refractivity contribution is 0.0632. The summed E-state index contributed by atoms with van der Waals surface area (Å²) in [5.74, 6) is 0. The van der Waals surface area contributed by atoms with Crippen LogP contribution in [0, 0.1) is 6.92 Å². The van der Waals surface area contributed by atoms with Crippen LogP contribution in [0.4, 0.5) is 5.69 Å². The van der Waals surface area contributed by atoms with Crippen LogP contribution in [0.25, 0.3) is 0 Å². The molecule has 1 aliphatic heterocycles. The predicted octanol–water partition coefficient (Wildman–Crippen LogP) is 1.38. The molecule has 106 valence electrons. The summed E-state index contributed by atoms with van der Waals surface area (Å²) >= 11 is 0. The Labute approximate surface area is 114 Å². The lowest BCUT2D eigenvalue weighted by Crippen LogP contribution is -2.40. The van der Waals surface area contributed by atoms with Crippen LogP contribution in [0.5, 0.6) is 0 Å². The number of rotatable bonds is 3. The second-order valence-electron chi connectivity index (χ2n) is 4.89. The summed E-state index contributed by atoms with van der Waals surface area (Å²) in [7, 11) is -1.86. The highest BCUT2D eigenvalue weighted by Crippen LogP contribution is 2.25. The predicted molar refractivity (Wildman–Crippen MR) is 74.4 cm³/mol. The zero-order valence-corrected chi connectivity index (χ0v) is 12.1. The van der Waals surface area contributed by atoms with Gasteiger partial charge in [0.1, 0.15) is 0 Å². The summed E-state index contributed by atoms with van der Waals surface area (Å²) in [6.45, 7) is 3.00. The molecule has 1 heterocycles. The van der Waals surface area contributed by atoms with Crippen LogP contribution in [0.3, 0.4) is 0 Å². The Kier molecular flexibility index (Phi) is 4.13. The van der Waals surface area contributed by atoms with Gasteiger partial charge in [-0.2, -0.15) is 4.31 Å². The quantitative estimate of drug-likeness (QED) is 0.851. The van der Waals surface area contributed by atoms with E-state index in [-0.39, 0.29) is 6.04 Å². The van der Waals surface area contributed by atoms with Crippen molar-refractivity contribution in [1.82, 2.24) is 4.31 Å².